The molecule has 1 N–H and O–H groups in total. The maximum absolute atomic E-state index is 12.7. The third-order valence-corrected chi connectivity index (χ3v) is 4.97. The Morgan fingerprint density at radius 3 is 1.97 bits per heavy atom. The van der Waals surface area contributed by atoms with Crippen LogP contribution in [0.1, 0.15) is 22.3 Å². The first kappa shape index (κ1) is 25.4. The van der Waals surface area contributed by atoms with Gasteiger partial charge >= 0.3 is 6.18 Å². The summed E-state index contributed by atoms with van der Waals surface area (Å²) in [6, 6.07) is 15.4. The molecule has 0 aliphatic heterocycles. The van der Waals surface area contributed by atoms with Crippen molar-refractivity contribution in [2.75, 3.05) is 26.6 Å². The van der Waals surface area contributed by atoms with Crippen molar-refractivity contribution in [2.24, 2.45) is 0 Å². The fourth-order valence-electron chi connectivity index (χ4n) is 3.25. The largest absolute Gasteiger partial charge is 0.493 e. The van der Waals surface area contributed by atoms with E-state index in [2.05, 4.69) is 5.32 Å². The first-order chi connectivity index (χ1) is 16.7. The van der Waals surface area contributed by atoms with Gasteiger partial charge in [-0.3, -0.25) is 4.79 Å². The van der Waals surface area contributed by atoms with Crippen LogP contribution in [0.15, 0.2) is 66.7 Å². The van der Waals surface area contributed by atoms with Crippen molar-refractivity contribution in [1.82, 2.24) is 0 Å². The van der Waals surface area contributed by atoms with E-state index in [9.17, 15) is 18.0 Å². The molecule has 5 nitrogen and oxygen atoms in total. The molecule has 0 bridgehead atoms. The maximum Gasteiger partial charge on any atom is 0.416 e. The molecule has 8 heteroatoms. The Bertz CT molecular complexity index is 1210. The Hall–Kier alpha value is -4.20. The average molecular weight is 483 g/mol. The van der Waals surface area contributed by atoms with Crippen molar-refractivity contribution in [3.63, 3.8) is 0 Å². The molecule has 3 rings (SSSR count). The fraction of sp³-hybridized carbons (Fsp3) is 0.148. The van der Waals surface area contributed by atoms with E-state index >= 15 is 0 Å². The monoisotopic (exact) mass is 483 g/mol. The normalized spacial score (nSPS) is 11.6. The predicted molar refractivity (Wildman–Crippen MR) is 131 cm³/mol. The van der Waals surface area contributed by atoms with Gasteiger partial charge in [0, 0.05) is 11.8 Å². The summed E-state index contributed by atoms with van der Waals surface area (Å²) in [5.41, 5.74) is 1.97. The molecule has 0 unspecified atom stereocenters. The van der Waals surface area contributed by atoms with Crippen LogP contribution < -0.4 is 19.5 Å². The highest BCUT2D eigenvalue weighted by molar-refractivity contribution is 6.02. The number of hydrogen-bond acceptors (Lipinski definition) is 4. The summed E-state index contributed by atoms with van der Waals surface area (Å²) in [4.78, 5) is 12.3. The van der Waals surface area contributed by atoms with Crippen LogP contribution in [0.4, 0.5) is 18.9 Å². The van der Waals surface area contributed by atoms with Gasteiger partial charge in [-0.05, 0) is 59.2 Å². The van der Waals surface area contributed by atoms with Crippen molar-refractivity contribution in [1.29, 1.82) is 0 Å². The van der Waals surface area contributed by atoms with E-state index in [1.165, 1.54) is 31.4 Å². The summed E-state index contributed by atoms with van der Waals surface area (Å²) in [6.07, 6.45) is 2.06. The van der Waals surface area contributed by atoms with E-state index in [4.69, 9.17) is 14.2 Å². The van der Waals surface area contributed by atoms with E-state index < -0.39 is 17.6 Å². The standard InChI is InChI=1S/C27H24F3NO4/c1-33-23-16-20(17-24(34-2)26(23)35-3)8-7-19-5-4-6-22(15-19)31-25(32)14-11-18-9-12-21(13-10-18)27(28,29)30/h4-17H,1-3H3,(H,31,32)/b8-7+,14-11+. The summed E-state index contributed by atoms with van der Waals surface area (Å²) in [6.45, 7) is 0. The van der Waals surface area contributed by atoms with Gasteiger partial charge in [-0.1, -0.05) is 36.4 Å². The summed E-state index contributed by atoms with van der Waals surface area (Å²) < 4.78 is 54.0. The third-order valence-electron chi connectivity index (χ3n) is 4.97. The van der Waals surface area contributed by atoms with Crippen molar-refractivity contribution in [3.8, 4) is 17.2 Å². The molecule has 1 amide bonds. The van der Waals surface area contributed by atoms with Gasteiger partial charge in [0.15, 0.2) is 11.5 Å². The third kappa shape index (κ3) is 6.89. The van der Waals surface area contributed by atoms with Crippen LogP contribution in [0.3, 0.4) is 0 Å². The van der Waals surface area contributed by atoms with Crippen LogP contribution in [-0.2, 0) is 11.0 Å². The number of carbonyl (C=O) groups is 1. The van der Waals surface area contributed by atoms with Crippen LogP contribution in [0.25, 0.3) is 18.2 Å². The molecule has 0 saturated heterocycles. The Kier molecular flexibility index (Phi) is 8.20. The zero-order valence-corrected chi connectivity index (χ0v) is 19.3. The van der Waals surface area contributed by atoms with Crippen LogP contribution in [-0.4, -0.2) is 27.2 Å². The van der Waals surface area contributed by atoms with Crippen molar-refractivity contribution in [3.05, 3.63) is 89.0 Å². The Morgan fingerprint density at radius 1 is 0.771 bits per heavy atom. The smallest absolute Gasteiger partial charge is 0.416 e. The van der Waals surface area contributed by atoms with Gasteiger partial charge < -0.3 is 19.5 Å². The van der Waals surface area contributed by atoms with Crippen molar-refractivity contribution < 1.29 is 32.2 Å². The first-order valence-corrected chi connectivity index (χ1v) is 10.5. The topological polar surface area (TPSA) is 56.8 Å². The van der Waals surface area contributed by atoms with Gasteiger partial charge in [0.05, 0.1) is 26.9 Å². The van der Waals surface area contributed by atoms with Gasteiger partial charge in [0.1, 0.15) is 0 Å². The molecule has 3 aromatic carbocycles. The molecule has 35 heavy (non-hydrogen) atoms. The van der Waals surface area contributed by atoms with E-state index in [0.717, 1.165) is 23.3 Å². The molecule has 182 valence electrons. The van der Waals surface area contributed by atoms with Crippen LogP contribution in [0.5, 0.6) is 17.2 Å². The summed E-state index contributed by atoms with van der Waals surface area (Å²) in [5.74, 6) is 1.16. The summed E-state index contributed by atoms with van der Waals surface area (Å²) in [5, 5.41) is 2.74. The number of halogens is 3. The van der Waals surface area contributed by atoms with Crippen molar-refractivity contribution >= 4 is 29.8 Å². The van der Waals surface area contributed by atoms with Gasteiger partial charge in [-0.15, -0.1) is 0 Å². The van der Waals surface area contributed by atoms with Gasteiger partial charge in [-0.25, -0.2) is 0 Å². The minimum absolute atomic E-state index is 0.407. The van der Waals surface area contributed by atoms with Gasteiger partial charge in [0.25, 0.3) is 0 Å². The lowest BCUT2D eigenvalue weighted by molar-refractivity contribution is -0.137. The molecule has 0 fully saturated rings. The lowest BCUT2D eigenvalue weighted by Gasteiger charge is -2.12. The van der Waals surface area contributed by atoms with Crippen LogP contribution >= 0.6 is 0 Å². The molecule has 0 saturated carbocycles. The lowest BCUT2D eigenvalue weighted by Crippen LogP contribution is -2.07. The minimum atomic E-state index is -4.40. The number of ether oxygens (including phenoxy) is 3. The van der Waals surface area contributed by atoms with E-state index in [1.807, 2.05) is 30.4 Å². The zero-order chi connectivity index (χ0) is 25.4. The molecule has 0 aliphatic rings. The quantitative estimate of drug-likeness (QED) is 0.292. The number of methoxy groups -OCH3 is 3. The zero-order valence-electron chi connectivity index (χ0n) is 19.3. The maximum atomic E-state index is 12.7. The molecule has 0 heterocycles. The number of alkyl halides is 3. The summed E-state index contributed by atoms with van der Waals surface area (Å²) in [7, 11) is 4.63. The fourth-order valence-corrected chi connectivity index (χ4v) is 3.25. The van der Waals surface area contributed by atoms with Crippen LogP contribution in [0.2, 0.25) is 0 Å². The molecular weight excluding hydrogens is 459 g/mol. The number of carbonyl (C=O) groups excluding carboxylic acids is 1. The molecule has 0 spiro atoms. The predicted octanol–water partition coefficient (Wildman–Crippen LogP) is 6.55. The number of rotatable bonds is 8. The van der Waals surface area contributed by atoms with E-state index in [0.29, 0.717) is 28.5 Å². The highest BCUT2D eigenvalue weighted by Gasteiger charge is 2.29. The van der Waals surface area contributed by atoms with Gasteiger partial charge in [0.2, 0.25) is 11.7 Å². The van der Waals surface area contributed by atoms with Crippen molar-refractivity contribution in [2.45, 2.75) is 6.18 Å². The van der Waals surface area contributed by atoms with Gasteiger partial charge in [-0.2, -0.15) is 13.2 Å². The second-order valence-corrected chi connectivity index (χ2v) is 7.36. The van der Waals surface area contributed by atoms with E-state index in [1.54, 1.807) is 32.4 Å². The molecule has 0 radical (unpaired) electrons. The molecular formula is C27H24F3NO4. The second kappa shape index (κ2) is 11.3. The molecule has 0 atom stereocenters. The number of nitrogens with one attached hydrogen (secondary N) is 1. The Labute approximate surface area is 201 Å². The lowest BCUT2D eigenvalue weighted by atomic mass is 10.1. The Balaban J connectivity index is 1.69. The number of anilines is 1. The summed E-state index contributed by atoms with van der Waals surface area (Å²) >= 11 is 0. The van der Waals surface area contributed by atoms with E-state index in [-0.39, 0.29) is 0 Å². The van der Waals surface area contributed by atoms with Crippen LogP contribution in [0, 0.1) is 0 Å². The molecule has 3 aromatic rings. The number of benzene rings is 3. The SMILES string of the molecule is COc1cc(/C=C/c2cccc(NC(=O)/C=C/c3ccc(C(F)(F)F)cc3)c2)cc(OC)c1OC. The Morgan fingerprint density at radius 2 is 1.40 bits per heavy atom. The highest BCUT2D eigenvalue weighted by atomic mass is 19.4. The first-order valence-electron chi connectivity index (χ1n) is 10.5. The molecule has 0 aliphatic carbocycles. The molecule has 0 aromatic heterocycles. The highest BCUT2D eigenvalue weighted by Crippen LogP contribution is 2.38. The number of amides is 1. The minimum Gasteiger partial charge on any atom is -0.493 e. The second-order valence-electron chi connectivity index (χ2n) is 7.36. The number of hydrogen-bond donors (Lipinski definition) is 1. The average Bonchev–Trinajstić information content (AvgIpc) is 2.85.